The second-order valence-corrected chi connectivity index (χ2v) is 4.66. The third-order valence-corrected chi connectivity index (χ3v) is 3.84. The van der Waals surface area contributed by atoms with Gasteiger partial charge in [0.25, 0.3) is 0 Å². The van der Waals surface area contributed by atoms with Crippen molar-refractivity contribution in [3.63, 3.8) is 0 Å². The molecule has 1 aliphatic carbocycles. The van der Waals surface area contributed by atoms with Crippen molar-refractivity contribution in [3.8, 4) is 0 Å². The molecule has 0 N–H and O–H groups in total. The van der Waals surface area contributed by atoms with Crippen LogP contribution in [0.2, 0.25) is 0 Å². The molecule has 15 heavy (non-hydrogen) atoms. The number of hydrogen-bond acceptors (Lipinski definition) is 1. The van der Waals surface area contributed by atoms with Crippen LogP contribution in [-0.4, -0.2) is 10.9 Å². The number of rotatable bonds is 0. The fourth-order valence-corrected chi connectivity index (χ4v) is 3.05. The van der Waals surface area contributed by atoms with Crippen LogP contribution < -0.4 is 0 Å². The standard InChI is InChI=1S/C14H13N/c1-2-6-11-10(5-1)12-9-14(12)15-8-4-3-7-13(11)15/h1-8,12-14H,9H2. The van der Waals surface area contributed by atoms with Gasteiger partial charge in [0.05, 0.1) is 6.04 Å². The van der Waals surface area contributed by atoms with Gasteiger partial charge < -0.3 is 4.90 Å². The van der Waals surface area contributed by atoms with E-state index in [0.717, 1.165) is 12.0 Å². The molecule has 1 heteroatoms. The van der Waals surface area contributed by atoms with E-state index in [1.54, 1.807) is 5.56 Å². The van der Waals surface area contributed by atoms with Gasteiger partial charge in [0.1, 0.15) is 0 Å². The fraction of sp³-hybridized carbons (Fsp3) is 0.286. The van der Waals surface area contributed by atoms with Crippen LogP contribution in [0.1, 0.15) is 29.5 Å². The molecule has 1 saturated carbocycles. The van der Waals surface area contributed by atoms with E-state index in [-0.39, 0.29) is 0 Å². The van der Waals surface area contributed by atoms with Gasteiger partial charge in [-0.3, -0.25) is 0 Å². The van der Waals surface area contributed by atoms with Crippen LogP contribution in [0.4, 0.5) is 0 Å². The van der Waals surface area contributed by atoms with Crippen molar-refractivity contribution in [2.75, 3.05) is 0 Å². The first-order valence-corrected chi connectivity index (χ1v) is 5.66. The van der Waals surface area contributed by atoms with Crippen molar-refractivity contribution < 1.29 is 0 Å². The molecule has 3 aliphatic rings. The van der Waals surface area contributed by atoms with Crippen LogP contribution in [-0.2, 0) is 0 Å². The first-order chi connectivity index (χ1) is 7.45. The molecule has 1 aromatic carbocycles. The lowest BCUT2D eigenvalue weighted by molar-refractivity contribution is 0.291. The molecule has 4 rings (SSSR count). The first-order valence-electron chi connectivity index (χ1n) is 5.66. The third-order valence-electron chi connectivity index (χ3n) is 3.84. The summed E-state index contributed by atoms with van der Waals surface area (Å²) in [4.78, 5) is 2.52. The van der Waals surface area contributed by atoms with Gasteiger partial charge in [0.15, 0.2) is 0 Å². The lowest BCUT2D eigenvalue weighted by atomic mass is 9.91. The molecular formula is C14H13N. The average molecular weight is 195 g/mol. The molecule has 1 nitrogen and oxygen atoms in total. The second-order valence-electron chi connectivity index (χ2n) is 4.66. The number of hydrogen-bond donors (Lipinski definition) is 0. The number of nitrogens with zero attached hydrogens (tertiary/aromatic N) is 1. The molecular weight excluding hydrogens is 182 g/mol. The fourth-order valence-electron chi connectivity index (χ4n) is 3.05. The van der Waals surface area contributed by atoms with Crippen LogP contribution in [0.15, 0.2) is 48.7 Å². The summed E-state index contributed by atoms with van der Waals surface area (Å²) in [6.45, 7) is 0. The summed E-state index contributed by atoms with van der Waals surface area (Å²) in [7, 11) is 0. The summed E-state index contributed by atoms with van der Waals surface area (Å²) in [5.41, 5.74) is 3.10. The van der Waals surface area contributed by atoms with E-state index in [2.05, 4.69) is 53.6 Å². The Labute approximate surface area is 89.7 Å². The van der Waals surface area contributed by atoms with Crippen molar-refractivity contribution in [1.29, 1.82) is 0 Å². The SMILES string of the molecule is C1=CC2c3ccccc3C3CC3N2C=C1. The van der Waals surface area contributed by atoms with Crippen LogP contribution >= 0.6 is 0 Å². The van der Waals surface area contributed by atoms with Crippen molar-refractivity contribution in [1.82, 2.24) is 4.90 Å². The molecule has 1 fully saturated rings. The van der Waals surface area contributed by atoms with Gasteiger partial charge in [0, 0.05) is 18.2 Å². The van der Waals surface area contributed by atoms with Gasteiger partial charge in [-0.25, -0.2) is 0 Å². The summed E-state index contributed by atoms with van der Waals surface area (Å²) in [6, 6.07) is 10.2. The number of fused-ring (bicyclic) bond motifs is 6. The topological polar surface area (TPSA) is 3.24 Å². The minimum Gasteiger partial charge on any atom is -0.363 e. The van der Waals surface area contributed by atoms with Crippen LogP contribution in [0.25, 0.3) is 0 Å². The number of benzene rings is 1. The number of allylic oxidation sites excluding steroid dienone is 2. The van der Waals surface area contributed by atoms with Gasteiger partial charge in [0.2, 0.25) is 0 Å². The van der Waals surface area contributed by atoms with Gasteiger partial charge >= 0.3 is 0 Å². The summed E-state index contributed by atoms with van der Waals surface area (Å²) in [5.74, 6) is 0.800. The maximum absolute atomic E-state index is 2.52. The van der Waals surface area contributed by atoms with Crippen LogP contribution in [0.5, 0.6) is 0 Å². The minimum absolute atomic E-state index is 0.495. The minimum atomic E-state index is 0.495. The highest BCUT2D eigenvalue weighted by molar-refractivity contribution is 5.45. The van der Waals surface area contributed by atoms with Gasteiger partial charge in [-0.15, -0.1) is 0 Å². The zero-order valence-electron chi connectivity index (χ0n) is 8.51. The molecule has 0 radical (unpaired) electrons. The average Bonchev–Trinajstić information content (AvgIpc) is 3.10. The van der Waals surface area contributed by atoms with E-state index in [0.29, 0.717) is 6.04 Å². The summed E-state index contributed by atoms with van der Waals surface area (Å²) < 4.78 is 0. The molecule has 0 bridgehead atoms. The molecule has 1 aromatic rings. The molecule has 0 saturated heterocycles. The predicted octanol–water partition coefficient (Wildman–Crippen LogP) is 2.98. The highest BCUT2D eigenvalue weighted by Crippen LogP contribution is 2.54. The zero-order chi connectivity index (χ0) is 9.83. The molecule has 2 heterocycles. The quantitative estimate of drug-likeness (QED) is 0.615. The normalized spacial score (nSPS) is 34.4. The van der Waals surface area contributed by atoms with Crippen LogP contribution in [0.3, 0.4) is 0 Å². The van der Waals surface area contributed by atoms with Crippen molar-refractivity contribution in [3.05, 3.63) is 59.8 Å². The zero-order valence-corrected chi connectivity index (χ0v) is 8.51. The van der Waals surface area contributed by atoms with E-state index in [1.165, 1.54) is 12.0 Å². The lowest BCUT2D eigenvalue weighted by Crippen LogP contribution is -2.30. The summed E-state index contributed by atoms with van der Waals surface area (Å²) in [5, 5.41) is 0. The largest absolute Gasteiger partial charge is 0.363 e. The smallest absolute Gasteiger partial charge is 0.0730 e. The van der Waals surface area contributed by atoms with Crippen molar-refractivity contribution >= 4 is 0 Å². The second kappa shape index (κ2) is 2.54. The first kappa shape index (κ1) is 7.75. The Morgan fingerprint density at radius 1 is 1.07 bits per heavy atom. The molecule has 0 aromatic heterocycles. The van der Waals surface area contributed by atoms with Crippen molar-refractivity contribution in [2.45, 2.75) is 24.4 Å². The monoisotopic (exact) mass is 195 g/mol. The molecule has 3 atom stereocenters. The maximum atomic E-state index is 2.52. The van der Waals surface area contributed by atoms with Gasteiger partial charge in [-0.1, -0.05) is 36.4 Å². The van der Waals surface area contributed by atoms with E-state index in [4.69, 9.17) is 0 Å². The molecule has 0 amide bonds. The van der Waals surface area contributed by atoms with Crippen LogP contribution in [0, 0.1) is 0 Å². The Balaban J connectivity index is 1.92. The molecule has 0 spiro atoms. The predicted molar refractivity (Wildman–Crippen MR) is 60.4 cm³/mol. The van der Waals surface area contributed by atoms with E-state index >= 15 is 0 Å². The third kappa shape index (κ3) is 0.930. The Morgan fingerprint density at radius 3 is 2.87 bits per heavy atom. The Kier molecular flexibility index (Phi) is 1.31. The Bertz CT molecular complexity index is 472. The summed E-state index contributed by atoms with van der Waals surface area (Å²) >= 11 is 0. The van der Waals surface area contributed by atoms with Gasteiger partial charge in [-0.05, 0) is 23.6 Å². The van der Waals surface area contributed by atoms with Crippen molar-refractivity contribution in [2.24, 2.45) is 0 Å². The van der Waals surface area contributed by atoms with E-state index in [1.807, 2.05) is 0 Å². The molecule has 74 valence electrons. The Hall–Kier alpha value is -1.50. The highest BCUT2D eigenvalue weighted by Gasteiger charge is 2.49. The Morgan fingerprint density at radius 2 is 1.93 bits per heavy atom. The summed E-state index contributed by atoms with van der Waals surface area (Å²) in [6.07, 6.45) is 10.2. The van der Waals surface area contributed by atoms with Gasteiger partial charge in [-0.2, -0.15) is 0 Å². The van der Waals surface area contributed by atoms with E-state index < -0.39 is 0 Å². The highest BCUT2D eigenvalue weighted by atomic mass is 15.2. The molecule has 2 aliphatic heterocycles. The lowest BCUT2D eigenvalue weighted by Gasteiger charge is -2.36. The van der Waals surface area contributed by atoms with E-state index in [9.17, 15) is 0 Å². The maximum Gasteiger partial charge on any atom is 0.0730 e. The molecule has 3 unspecified atom stereocenters.